The summed E-state index contributed by atoms with van der Waals surface area (Å²) in [5.41, 5.74) is 1.69. The Labute approximate surface area is 457 Å². The smallest absolute Gasteiger partial charge is 0.261 e. The van der Waals surface area contributed by atoms with Crippen molar-refractivity contribution in [1.82, 2.24) is 9.80 Å². The van der Waals surface area contributed by atoms with Crippen LogP contribution in [0.2, 0.25) is 0 Å². The zero-order chi connectivity index (χ0) is 54.2. The van der Waals surface area contributed by atoms with E-state index in [2.05, 4.69) is 5.92 Å². The molecule has 16 heteroatoms. The summed E-state index contributed by atoms with van der Waals surface area (Å²) in [4.78, 5) is 59.0. The van der Waals surface area contributed by atoms with Crippen molar-refractivity contribution < 1.29 is 66.5 Å². The quantitative estimate of drug-likeness (QED) is 0.0621. The molecule has 5 aromatic rings. The van der Waals surface area contributed by atoms with Gasteiger partial charge in [0.2, 0.25) is 0 Å². The number of nitrogens with zero attached hydrogens (tertiary/aromatic N) is 2. The van der Waals surface area contributed by atoms with Gasteiger partial charge in [0.1, 0.15) is 36.2 Å². The monoisotopic (exact) mass is 1070 g/mol. The maximum atomic E-state index is 14.3. The van der Waals surface area contributed by atoms with E-state index < -0.39 is 23.6 Å². The lowest BCUT2D eigenvalue weighted by Crippen LogP contribution is -2.43. The van der Waals surface area contributed by atoms with E-state index in [9.17, 15) is 19.2 Å². The molecular weight excluding hydrogens is 997 g/mol. The molecule has 0 fully saturated rings. The highest BCUT2D eigenvalue weighted by Crippen LogP contribution is 2.39. The third kappa shape index (κ3) is 16.0. The molecule has 3 aliphatic rings. The number of carbonyl (C=O) groups excluding carboxylic acids is 4. The van der Waals surface area contributed by atoms with Crippen LogP contribution in [0.25, 0.3) is 21.5 Å². The van der Waals surface area contributed by atoms with Gasteiger partial charge in [0.15, 0.2) is 0 Å². The molecule has 0 unspecified atom stereocenters. The summed E-state index contributed by atoms with van der Waals surface area (Å²) in [5.74, 6) is 3.29. The Bertz CT molecular complexity index is 2670. The second kappa shape index (κ2) is 31.1. The SMILES string of the molecule is C#CCCCCCCCCCCCN1C(=O)c2ccc3c4c(ccc(c24)C1=O)C(=O)N(Cc1cc2cc(c1)OCCOCCOCCOCCCOc1cccc4c(cccc14)OCCCOCCOCCOCCO2)C3=O. The summed E-state index contributed by atoms with van der Waals surface area (Å²) in [6.07, 6.45) is 17.1. The van der Waals surface area contributed by atoms with Crippen LogP contribution < -0.4 is 18.9 Å². The van der Waals surface area contributed by atoms with E-state index >= 15 is 0 Å². The van der Waals surface area contributed by atoms with Gasteiger partial charge in [0, 0.05) is 88.9 Å². The van der Waals surface area contributed by atoms with E-state index in [0.717, 1.165) is 80.1 Å². The molecule has 0 aromatic heterocycles. The molecule has 0 spiro atoms. The lowest BCUT2D eigenvalue weighted by atomic mass is 9.85. The topological polar surface area (TPSA) is 167 Å². The summed E-state index contributed by atoms with van der Waals surface area (Å²) in [5, 5.41) is 2.66. The second-order valence-electron chi connectivity index (χ2n) is 19.4. The molecule has 8 rings (SSSR count). The summed E-state index contributed by atoms with van der Waals surface area (Å²) in [7, 11) is 0. The van der Waals surface area contributed by atoms with Crippen molar-refractivity contribution in [2.24, 2.45) is 0 Å². The van der Waals surface area contributed by atoms with Gasteiger partial charge < -0.3 is 47.4 Å². The van der Waals surface area contributed by atoms with Gasteiger partial charge in [-0.2, -0.15) is 0 Å². The Kier molecular flexibility index (Phi) is 23.0. The van der Waals surface area contributed by atoms with Crippen molar-refractivity contribution in [1.29, 1.82) is 0 Å². The first-order valence-electron chi connectivity index (χ1n) is 27.8. The van der Waals surface area contributed by atoms with Crippen LogP contribution in [0, 0.1) is 12.3 Å². The Balaban J connectivity index is 0.843. The van der Waals surface area contributed by atoms with Gasteiger partial charge in [-0.05, 0) is 66.9 Å². The van der Waals surface area contributed by atoms with Gasteiger partial charge in [-0.25, -0.2) is 0 Å². The number of rotatable bonds is 13. The number of imide groups is 2. The van der Waals surface area contributed by atoms with Crippen molar-refractivity contribution in [3.63, 3.8) is 0 Å². The molecule has 6 bridgehead atoms. The molecule has 0 N–H and O–H groups in total. The first-order valence-corrected chi connectivity index (χ1v) is 27.8. The van der Waals surface area contributed by atoms with Crippen LogP contribution in [-0.2, 0) is 35.0 Å². The Hall–Kier alpha value is -6.58. The first-order chi connectivity index (χ1) is 38.4. The second-order valence-corrected chi connectivity index (χ2v) is 19.4. The molecule has 16 nitrogen and oxygen atoms in total. The highest BCUT2D eigenvalue weighted by atomic mass is 16.6. The van der Waals surface area contributed by atoms with E-state index in [-0.39, 0.29) is 44.1 Å². The van der Waals surface area contributed by atoms with E-state index in [4.69, 9.17) is 53.8 Å². The van der Waals surface area contributed by atoms with Gasteiger partial charge in [-0.1, -0.05) is 69.2 Å². The number of benzene rings is 5. The standard InChI is InChI=1S/C62H74N2O14/c1-2-3-4-5-6-7-8-9-10-11-12-25-63-59(65)51-21-23-53-58-54(24-22-52(57(51)58)60(63)66)62(68)64(61(53)67)45-46-42-47-44-48(43-46)76-41-39-74-37-35-72-33-31-70-27-16-29-78-56-20-14-18-50-49(56)17-13-19-55(50)77-28-15-26-69-30-32-71-34-36-73-38-40-75-47/h1,13-14,17-24,42-44H,3-12,15-16,25-41,45H2. The summed E-state index contributed by atoms with van der Waals surface area (Å²) in [6, 6.07) is 23.6. The summed E-state index contributed by atoms with van der Waals surface area (Å²) < 4.78 is 59.0. The predicted octanol–water partition coefficient (Wildman–Crippen LogP) is 10.0. The molecule has 0 saturated carbocycles. The molecule has 0 saturated heterocycles. The lowest BCUT2D eigenvalue weighted by Gasteiger charge is -2.32. The molecule has 3 aliphatic heterocycles. The predicted molar refractivity (Wildman–Crippen MR) is 295 cm³/mol. The van der Waals surface area contributed by atoms with E-state index in [0.29, 0.717) is 131 Å². The highest BCUT2D eigenvalue weighted by molar-refractivity contribution is 6.33. The average molecular weight is 1070 g/mol. The normalized spacial score (nSPS) is 17.3. The summed E-state index contributed by atoms with van der Waals surface area (Å²) >= 11 is 0. The Morgan fingerprint density at radius 2 is 0.782 bits per heavy atom. The minimum atomic E-state index is -0.538. The number of carbonyl (C=O) groups is 4. The fourth-order valence-corrected chi connectivity index (χ4v) is 9.84. The lowest BCUT2D eigenvalue weighted by molar-refractivity contribution is 0.00751. The van der Waals surface area contributed by atoms with Crippen LogP contribution in [0.3, 0.4) is 0 Å². The Morgan fingerprint density at radius 3 is 1.22 bits per heavy atom. The zero-order valence-electron chi connectivity index (χ0n) is 44.9. The van der Waals surface area contributed by atoms with Gasteiger partial charge in [0.25, 0.3) is 23.6 Å². The first kappa shape index (κ1) is 57.6. The zero-order valence-corrected chi connectivity index (χ0v) is 44.9. The van der Waals surface area contributed by atoms with Crippen molar-refractivity contribution >= 4 is 45.2 Å². The third-order valence-electron chi connectivity index (χ3n) is 13.8. The van der Waals surface area contributed by atoms with Crippen molar-refractivity contribution in [3.8, 4) is 35.3 Å². The molecule has 5 aromatic carbocycles. The maximum Gasteiger partial charge on any atom is 0.261 e. The van der Waals surface area contributed by atoms with Gasteiger partial charge in [-0.3, -0.25) is 29.0 Å². The van der Waals surface area contributed by atoms with Gasteiger partial charge in [0.05, 0.1) is 85.8 Å². The third-order valence-corrected chi connectivity index (χ3v) is 13.8. The molecular formula is C62H74N2O14. The molecule has 0 atom stereocenters. The minimum Gasteiger partial charge on any atom is -0.493 e. The van der Waals surface area contributed by atoms with Crippen LogP contribution in [0.1, 0.15) is 124 Å². The molecule has 4 amide bonds. The number of unbranched alkanes of at least 4 members (excludes halogenated alkanes) is 9. The fraction of sp³-hybridized carbons (Fsp3) is 0.484. The van der Waals surface area contributed by atoms with Crippen LogP contribution in [0.5, 0.6) is 23.0 Å². The van der Waals surface area contributed by atoms with Crippen LogP contribution in [-0.4, -0.2) is 146 Å². The molecule has 78 heavy (non-hydrogen) atoms. The van der Waals surface area contributed by atoms with Gasteiger partial charge >= 0.3 is 0 Å². The number of hydrogen-bond donors (Lipinski definition) is 0. The number of amides is 4. The molecule has 3 heterocycles. The number of hydrogen-bond acceptors (Lipinski definition) is 14. The largest absolute Gasteiger partial charge is 0.493 e. The fourth-order valence-electron chi connectivity index (χ4n) is 9.84. The molecule has 0 radical (unpaired) electrons. The van der Waals surface area contributed by atoms with Crippen molar-refractivity contribution in [2.45, 2.75) is 83.6 Å². The van der Waals surface area contributed by atoms with Crippen LogP contribution in [0.15, 0.2) is 78.9 Å². The van der Waals surface area contributed by atoms with E-state index in [1.165, 1.54) is 22.6 Å². The minimum absolute atomic E-state index is 0.102. The number of fused-ring (bicyclic) bond motifs is 2. The summed E-state index contributed by atoms with van der Waals surface area (Å²) in [6.45, 7) is 6.46. The van der Waals surface area contributed by atoms with E-state index in [1.807, 2.05) is 36.4 Å². The average Bonchev–Trinajstić information content (AvgIpc) is 3.65. The van der Waals surface area contributed by atoms with Crippen molar-refractivity contribution in [2.75, 3.05) is 112 Å². The van der Waals surface area contributed by atoms with Crippen LogP contribution in [0.4, 0.5) is 0 Å². The van der Waals surface area contributed by atoms with Crippen molar-refractivity contribution in [3.05, 3.63) is 107 Å². The molecule has 0 aliphatic carbocycles. The number of terminal acetylenes is 1. The van der Waals surface area contributed by atoms with E-state index in [1.54, 1.807) is 42.5 Å². The number of ether oxygens (including phenoxy) is 10. The highest BCUT2D eigenvalue weighted by Gasteiger charge is 2.39. The Morgan fingerprint density at radius 1 is 0.397 bits per heavy atom. The van der Waals surface area contributed by atoms with Gasteiger partial charge in [-0.15, -0.1) is 12.3 Å². The molecule has 416 valence electrons. The maximum absolute atomic E-state index is 14.3. The van der Waals surface area contributed by atoms with Crippen LogP contribution >= 0.6 is 0 Å².